The van der Waals surface area contributed by atoms with Crippen LogP contribution in [0.2, 0.25) is 0 Å². The molecule has 0 aliphatic heterocycles. The normalized spacial score (nSPS) is 26.2. The first-order valence-electron chi connectivity index (χ1n) is 7.12. The summed E-state index contributed by atoms with van der Waals surface area (Å²) in [6.45, 7) is 5.58. The lowest BCUT2D eigenvalue weighted by molar-refractivity contribution is 0.172. The summed E-state index contributed by atoms with van der Waals surface area (Å²) in [6, 6.07) is 0.953. The topological polar surface area (TPSA) is 50.1 Å². The van der Waals surface area contributed by atoms with E-state index in [4.69, 9.17) is 5.11 Å². The van der Waals surface area contributed by atoms with E-state index in [9.17, 15) is 0 Å². The van der Waals surface area contributed by atoms with E-state index in [1.165, 1.54) is 18.4 Å². The molecule has 1 atom stereocenters. The minimum absolute atomic E-state index is 0.353. The van der Waals surface area contributed by atoms with Crippen molar-refractivity contribution in [3.63, 3.8) is 0 Å². The third-order valence-electron chi connectivity index (χ3n) is 4.07. The fourth-order valence-corrected chi connectivity index (χ4v) is 2.74. The third kappa shape index (κ3) is 3.33. The molecule has 1 aliphatic carbocycles. The van der Waals surface area contributed by atoms with Gasteiger partial charge in [-0.2, -0.15) is 5.10 Å². The molecule has 1 aromatic heterocycles. The quantitative estimate of drug-likeness (QED) is 0.842. The Morgan fingerprint density at radius 3 is 2.72 bits per heavy atom. The second-order valence-electron chi connectivity index (χ2n) is 5.42. The van der Waals surface area contributed by atoms with Crippen molar-refractivity contribution < 1.29 is 5.11 Å². The van der Waals surface area contributed by atoms with E-state index in [2.05, 4.69) is 30.5 Å². The summed E-state index contributed by atoms with van der Waals surface area (Å²) in [4.78, 5) is 0. The first-order chi connectivity index (χ1) is 8.72. The molecule has 1 heterocycles. The van der Waals surface area contributed by atoms with Crippen LogP contribution in [-0.2, 0) is 6.54 Å². The molecule has 0 saturated heterocycles. The maximum atomic E-state index is 9.14. The lowest BCUT2D eigenvalue weighted by atomic mass is 9.86. The molecule has 1 unspecified atom stereocenters. The Morgan fingerprint density at radius 2 is 2.17 bits per heavy atom. The summed E-state index contributed by atoms with van der Waals surface area (Å²) < 4.78 is 1.97. The van der Waals surface area contributed by atoms with Gasteiger partial charge in [-0.25, -0.2) is 0 Å². The summed E-state index contributed by atoms with van der Waals surface area (Å²) in [7, 11) is 0. The summed E-state index contributed by atoms with van der Waals surface area (Å²) >= 11 is 0. The van der Waals surface area contributed by atoms with Crippen molar-refractivity contribution >= 4 is 0 Å². The van der Waals surface area contributed by atoms with Crippen molar-refractivity contribution in [3.05, 3.63) is 18.0 Å². The van der Waals surface area contributed by atoms with Gasteiger partial charge in [-0.05, 0) is 45.4 Å². The van der Waals surface area contributed by atoms with Gasteiger partial charge in [0.25, 0.3) is 0 Å². The number of aliphatic hydroxyl groups excluding tert-OH is 1. The average Bonchev–Trinajstić information content (AvgIpc) is 2.88. The second kappa shape index (κ2) is 6.34. The minimum atomic E-state index is 0.353. The van der Waals surface area contributed by atoms with E-state index in [1.807, 2.05) is 10.9 Å². The van der Waals surface area contributed by atoms with Gasteiger partial charge < -0.3 is 10.4 Å². The van der Waals surface area contributed by atoms with Gasteiger partial charge in [0.05, 0.1) is 6.20 Å². The molecule has 0 spiro atoms. The van der Waals surface area contributed by atoms with Crippen LogP contribution in [0.3, 0.4) is 0 Å². The van der Waals surface area contributed by atoms with Crippen LogP contribution < -0.4 is 5.32 Å². The van der Waals surface area contributed by atoms with Gasteiger partial charge in [-0.3, -0.25) is 4.68 Å². The van der Waals surface area contributed by atoms with E-state index in [1.54, 1.807) is 0 Å². The van der Waals surface area contributed by atoms with Crippen LogP contribution in [0, 0.1) is 5.92 Å². The van der Waals surface area contributed by atoms with Gasteiger partial charge in [-0.1, -0.05) is 0 Å². The highest BCUT2D eigenvalue weighted by atomic mass is 16.3. The molecule has 18 heavy (non-hydrogen) atoms. The Kier molecular flexibility index (Phi) is 4.78. The molecule has 0 bridgehead atoms. The highest BCUT2D eigenvalue weighted by Crippen LogP contribution is 2.25. The van der Waals surface area contributed by atoms with Crippen LogP contribution in [-0.4, -0.2) is 27.5 Å². The molecule has 1 fully saturated rings. The maximum Gasteiger partial charge on any atom is 0.0537 e. The molecule has 0 amide bonds. The zero-order chi connectivity index (χ0) is 13.0. The first-order valence-corrected chi connectivity index (χ1v) is 7.12. The Balaban J connectivity index is 1.82. The van der Waals surface area contributed by atoms with Crippen LogP contribution in [0.5, 0.6) is 0 Å². The second-order valence-corrected chi connectivity index (χ2v) is 5.42. The van der Waals surface area contributed by atoms with Crippen molar-refractivity contribution in [1.82, 2.24) is 15.1 Å². The number of aromatic nitrogens is 2. The molecular formula is C14H25N3O. The summed E-state index contributed by atoms with van der Waals surface area (Å²) in [5.41, 5.74) is 1.26. The highest BCUT2D eigenvalue weighted by molar-refractivity contribution is 5.09. The third-order valence-corrected chi connectivity index (χ3v) is 4.07. The zero-order valence-corrected chi connectivity index (χ0v) is 11.5. The Morgan fingerprint density at radius 1 is 1.44 bits per heavy atom. The molecule has 102 valence electrons. The van der Waals surface area contributed by atoms with Gasteiger partial charge in [0.15, 0.2) is 0 Å². The number of aryl methyl sites for hydroxylation is 1. The van der Waals surface area contributed by atoms with Crippen molar-refractivity contribution in [1.29, 1.82) is 0 Å². The lowest BCUT2D eigenvalue weighted by Crippen LogP contribution is -2.35. The number of rotatable bonds is 5. The first kappa shape index (κ1) is 13.6. The lowest BCUT2D eigenvalue weighted by Gasteiger charge is -2.30. The molecule has 0 aromatic carbocycles. The monoisotopic (exact) mass is 251 g/mol. The Bertz CT molecular complexity index is 356. The van der Waals surface area contributed by atoms with Gasteiger partial charge in [0, 0.05) is 37.0 Å². The molecule has 4 nitrogen and oxygen atoms in total. The average molecular weight is 251 g/mol. The fraction of sp³-hybridized carbons (Fsp3) is 0.786. The molecule has 0 radical (unpaired) electrons. The SMILES string of the molecule is CCn1cc(C(C)NC2CCC(CO)CC2)cn1. The standard InChI is InChI=1S/C14H25N3O/c1-3-17-9-13(8-15-17)11(2)16-14-6-4-12(10-18)5-7-14/h8-9,11-12,14,16,18H,3-7,10H2,1-2H3. The van der Waals surface area contributed by atoms with Crippen molar-refractivity contribution in [3.8, 4) is 0 Å². The van der Waals surface area contributed by atoms with Gasteiger partial charge in [-0.15, -0.1) is 0 Å². The van der Waals surface area contributed by atoms with E-state index in [0.717, 1.165) is 19.4 Å². The van der Waals surface area contributed by atoms with Crippen molar-refractivity contribution in [2.24, 2.45) is 5.92 Å². The van der Waals surface area contributed by atoms with Gasteiger partial charge >= 0.3 is 0 Å². The number of nitrogens with zero attached hydrogens (tertiary/aromatic N) is 2. The van der Waals surface area contributed by atoms with Crippen LogP contribution >= 0.6 is 0 Å². The van der Waals surface area contributed by atoms with Crippen LogP contribution in [0.4, 0.5) is 0 Å². The predicted octanol–water partition coefficient (Wildman–Crippen LogP) is 2.10. The number of aliphatic hydroxyl groups is 1. The number of hydrogen-bond donors (Lipinski definition) is 2. The largest absolute Gasteiger partial charge is 0.396 e. The molecule has 4 heteroatoms. The summed E-state index contributed by atoms with van der Waals surface area (Å²) in [5.74, 6) is 0.529. The Labute approximate surface area is 109 Å². The van der Waals surface area contributed by atoms with E-state index >= 15 is 0 Å². The predicted molar refractivity (Wildman–Crippen MR) is 72.3 cm³/mol. The van der Waals surface area contributed by atoms with Crippen LogP contribution in [0.25, 0.3) is 0 Å². The fourth-order valence-electron chi connectivity index (χ4n) is 2.74. The zero-order valence-electron chi connectivity index (χ0n) is 11.5. The van der Waals surface area contributed by atoms with E-state index in [0.29, 0.717) is 24.6 Å². The molecule has 2 N–H and O–H groups in total. The van der Waals surface area contributed by atoms with E-state index in [-0.39, 0.29) is 0 Å². The summed E-state index contributed by atoms with van der Waals surface area (Å²) in [5, 5.41) is 17.1. The minimum Gasteiger partial charge on any atom is -0.396 e. The van der Waals surface area contributed by atoms with Crippen molar-refractivity contribution in [2.45, 2.75) is 58.2 Å². The maximum absolute atomic E-state index is 9.14. The van der Waals surface area contributed by atoms with E-state index < -0.39 is 0 Å². The van der Waals surface area contributed by atoms with Gasteiger partial charge in [0.2, 0.25) is 0 Å². The Hall–Kier alpha value is -0.870. The molecule has 1 aromatic rings. The van der Waals surface area contributed by atoms with Crippen molar-refractivity contribution in [2.75, 3.05) is 6.61 Å². The molecule has 1 saturated carbocycles. The smallest absolute Gasteiger partial charge is 0.0537 e. The van der Waals surface area contributed by atoms with Gasteiger partial charge in [0.1, 0.15) is 0 Å². The number of nitrogens with one attached hydrogen (secondary N) is 1. The molecule has 2 rings (SSSR count). The highest BCUT2D eigenvalue weighted by Gasteiger charge is 2.22. The molecule has 1 aliphatic rings. The molecular weight excluding hydrogens is 226 g/mol. The van der Waals surface area contributed by atoms with Crippen LogP contribution in [0.1, 0.15) is 51.1 Å². The summed E-state index contributed by atoms with van der Waals surface area (Å²) in [6.07, 6.45) is 8.73. The number of hydrogen-bond acceptors (Lipinski definition) is 3. The van der Waals surface area contributed by atoms with Crippen LogP contribution in [0.15, 0.2) is 12.4 Å².